The van der Waals surface area contributed by atoms with Crippen LogP contribution < -0.4 is 0 Å². The number of esters is 1. The van der Waals surface area contributed by atoms with Crippen LogP contribution >= 0.6 is 0 Å². The van der Waals surface area contributed by atoms with Crippen LogP contribution in [-0.2, 0) is 19.1 Å². The highest BCUT2D eigenvalue weighted by atomic mass is 16.5. The number of carbonyl (C=O) groups excluding carboxylic acids is 2. The van der Waals surface area contributed by atoms with Crippen LogP contribution in [0.4, 0.5) is 0 Å². The lowest BCUT2D eigenvalue weighted by Gasteiger charge is -2.30. The molecule has 1 rings (SSSR count). The van der Waals surface area contributed by atoms with Gasteiger partial charge >= 0.3 is 11.9 Å². The second-order valence-corrected chi connectivity index (χ2v) is 4.65. The normalized spacial score (nSPS) is 16.2. The molecule has 1 N–H and O–H groups in total. The van der Waals surface area contributed by atoms with Gasteiger partial charge in [0.1, 0.15) is 0 Å². The monoisotopic (exact) mass is 271 g/mol. The molecule has 6 heteroatoms. The Morgan fingerprint density at radius 2 is 1.84 bits per heavy atom. The van der Waals surface area contributed by atoms with Crippen molar-refractivity contribution < 1.29 is 24.2 Å². The predicted octanol–water partition coefficient (Wildman–Crippen LogP) is 1.04. The van der Waals surface area contributed by atoms with Crippen LogP contribution in [0.2, 0.25) is 0 Å². The van der Waals surface area contributed by atoms with Gasteiger partial charge in [0.05, 0.1) is 12.5 Å². The molecule has 1 heterocycles. The molecule has 0 aliphatic carbocycles. The lowest BCUT2D eigenvalue weighted by molar-refractivity contribution is -0.151. The largest absolute Gasteiger partial charge is 0.481 e. The highest BCUT2D eigenvalue weighted by molar-refractivity contribution is 5.78. The molecule has 1 fully saturated rings. The summed E-state index contributed by atoms with van der Waals surface area (Å²) in [5, 5.41) is 8.51. The minimum Gasteiger partial charge on any atom is -0.481 e. The fourth-order valence-corrected chi connectivity index (χ4v) is 2.17. The Kier molecular flexibility index (Phi) is 6.32. The Morgan fingerprint density at radius 1 is 1.21 bits per heavy atom. The van der Waals surface area contributed by atoms with E-state index < -0.39 is 5.97 Å². The molecule has 1 amide bonds. The van der Waals surface area contributed by atoms with E-state index in [2.05, 4.69) is 0 Å². The maximum Gasteiger partial charge on any atom is 0.309 e. The summed E-state index contributed by atoms with van der Waals surface area (Å²) in [5.41, 5.74) is 0. The smallest absolute Gasteiger partial charge is 0.309 e. The zero-order valence-corrected chi connectivity index (χ0v) is 11.3. The van der Waals surface area contributed by atoms with Crippen molar-refractivity contribution in [1.82, 2.24) is 4.90 Å². The molecular formula is C13H21NO5. The van der Waals surface area contributed by atoms with Gasteiger partial charge in [-0.15, -0.1) is 0 Å². The van der Waals surface area contributed by atoms with Crippen molar-refractivity contribution in [3.05, 3.63) is 0 Å². The third kappa shape index (κ3) is 5.28. The fourth-order valence-electron chi connectivity index (χ4n) is 2.17. The van der Waals surface area contributed by atoms with Crippen molar-refractivity contribution in [3.8, 4) is 0 Å². The van der Waals surface area contributed by atoms with Gasteiger partial charge < -0.3 is 14.7 Å². The number of ether oxygens (including phenoxy) is 1. The molecule has 1 aliphatic heterocycles. The SMILES string of the molecule is CCOC(=O)C1CCN(C(=O)CCCC(=O)O)CC1. The number of aliphatic carboxylic acids is 1. The fraction of sp³-hybridized carbons (Fsp3) is 0.769. The van der Waals surface area contributed by atoms with Crippen molar-refractivity contribution >= 4 is 17.8 Å². The maximum atomic E-state index is 11.8. The third-order valence-corrected chi connectivity index (χ3v) is 3.25. The van der Waals surface area contributed by atoms with Crippen molar-refractivity contribution in [2.24, 2.45) is 5.92 Å². The zero-order chi connectivity index (χ0) is 14.3. The highest BCUT2D eigenvalue weighted by Gasteiger charge is 2.27. The summed E-state index contributed by atoms with van der Waals surface area (Å²) in [6.07, 6.45) is 1.90. The Morgan fingerprint density at radius 3 is 2.37 bits per heavy atom. The van der Waals surface area contributed by atoms with Gasteiger partial charge in [-0.2, -0.15) is 0 Å². The summed E-state index contributed by atoms with van der Waals surface area (Å²) < 4.78 is 4.96. The molecule has 0 aromatic heterocycles. The number of amides is 1. The number of piperidine rings is 1. The Balaban J connectivity index is 2.27. The standard InChI is InChI=1S/C13H21NO5/c1-2-19-13(18)10-6-8-14(9-7-10)11(15)4-3-5-12(16)17/h10H,2-9H2,1H3,(H,16,17). The average molecular weight is 271 g/mol. The van der Waals surface area contributed by atoms with E-state index in [1.54, 1.807) is 11.8 Å². The zero-order valence-electron chi connectivity index (χ0n) is 11.3. The molecule has 19 heavy (non-hydrogen) atoms. The molecule has 0 aromatic rings. The van der Waals surface area contributed by atoms with Gasteiger partial charge in [-0.05, 0) is 26.2 Å². The van der Waals surface area contributed by atoms with Gasteiger partial charge in [-0.1, -0.05) is 0 Å². The predicted molar refractivity (Wildman–Crippen MR) is 67.4 cm³/mol. The van der Waals surface area contributed by atoms with E-state index in [1.807, 2.05) is 0 Å². The second kappa shape index (κ2) is 7.76. The first kappa shape index (κ1) is 15.5. The van der Waals surface area contributed by atoms with E-state index in [-0.39, 0.29) is 30.6 Å². The van der Waals surface area contributed by atoms with E-state index in [0.717, 1.165) is 0 Å². The first-order valence-corrected chi connectivity index (χ1v) is 6.70. The number of hydrogen-bond donors (Lipinski definition) is 1. The van der Waals surface area contributed by atoms with Gasteiger partial charge in [0.25, 0.3) is 0 Å². The van der Waals surface area contributed by atoms with Crippen molar-refractivity contribution in [3.63, 3.8) is 0 Å². The molecular weight excluding hydrogens is 250 g/mol. The Bertz CT molecular complexity index is 334. The number of hydrogen-bond acceptors (Lipinski definition) is 4. The Hall–Kier alpha value is -1.59. The summed E-state index contributed by atoms with van der Waals surface area (Å²) in [4.78, 5) is 35.4. The average Bonchev–Trinajstić information content (AvgIpc) is 2.38. The lowest BCUT2D eigenvalue weighted by atomic mass is 9.96. The molecule has 0 atom stereocenters. The van der Waals surface area contributed by atoms with Crippen LogP contribution in [0.15, 0.2) is 0 Å². The van der Waals surface area contributed by atoms with Gasteiger partial charge in [0, 0.05) is 25.9 Å². The number of rotatable bonds is 6. The van der Waals surface area contributed by atoms with Crippen LogP contribution in [0.25, 0.3) is 0 Å². The maximum absolute atomic E-state index is 11.8. The van der Waals surface area contributed by atoms with Gasteiger partial charge in [0.15, 0.2) is 0 Å². The minimum atomic E-state index is -0.881. The van der Waals surface area contributed by atoms with Crippen molar-refractivity contribution in [1.29, 1.82) is 0 Å². The molecule has 0 unspecified atom stereocenters. The number of carbonyl (C=O) groups is 3. The number of carboxylic acid groups (broad SMARTS) is 1. The Labute approximate surface area is 112 Å². The topological polar surface area (TPSA) is 83.9 Å². The number of likely N-dealkylation sites (tertiary alicyclic amines) is 1. The van der Waals surface area contributed by atoms with E-state index >= 15 is 0 Å². The third-order valence-electron chi connectivity index (χ3n) is 3.25. The summed E-state index contributed by atoms with van der Waals surface area (Å²) in [6, 6.07) is 0. The van der Waals surface area contributed by atoms with E-state index in [1.165, 1.54) is 0 Å². The summed E-state index contributed by atoms with van der Waals surface area (Å²) in [6.45, 7) is 3.26. The molecule has 0 spiro atoms. The van der Waals surface area contributed by atoms with Gasteiger partial charge in [0.2, 0.25) is 5.91 Å². The molecule has 0 radical (unpaired) electrons. The minimum absolute atomic E-state index is 0.0189. The van der Waals surface area contributed by atoms with Crippen LogP contribution in [-0.4, -0.2) is 47.5 Å². The number of carboxylic acids is 1. The molecule has 108 valence electrons. The van der Waals surface area contributed by atoms with E-state index in [0.29, 0.717) is 39.0 Å². The lowest BCUT2D eigenvalue weighted by Crippen LogP contribution is -2.40. The highest BCUT2D eigenvalue weighted by Crippen LogP contribution is 2.19. The first-order valence-electron chi connectivity index (χ1n) is 6.70. The van der Waals surface area contributed by atoms with Crippen LogP contribution in [0, 0.1) is 5.92 Å². The summed E-state index contributed by atoms with van der Waals surface area (Å²) >= 11 is 0. The van der Waals surface area contributed by atoms with Crippen LogP contribution in [0.3, 0.4) is 0 Å². The molecule has 0 bridgehead atoms. The quantitative estimate of drug-likeness (QED) is 0.730. The molecule has 0 aromatic carbocycles. The van der Waals surface area contributed by atoms with Gasteiger partial charge in [-0.25, -0.2) is 0 Å². The molecule has 1 saturated heterocycles. The van der Waals surface area contributed by atoms with Crippen LogP contribution in [0.1, 0.15) is 39.0 Å². The molecule has 0 saturated carbocycles. The van der Waals surface area contributed by atoms with Crippen molar-refractivity contribution in [2.45, 2.75) is 39.0 Å². The van der Waals surface area contributed by atoms with Crippen molar-refractivity contribution in [2.75, 3.05) is 19.7 Å². The summed E-state index contributed by atoms with van der Waals surface area (Å²) in [5.74, 6) is -1.19. The van der Waals surface area contributed by atoms with Crippen LogP contribution in [0.5, 0.6) is 0 Å². The van der Waals surface area contributed by atoms with E-state index in [9.17, 15) is 14.4 Å². The second-order valence-electron chi connectivity index (χ2n) is 4.65. The summed E-state index contributed by atoms with van der Waals surface area (Å²) in [7, 11) is 0. The molecule has 6 nitrogen and oxygen atoms in total. The first-order chi connectivity index (χ1) is 9.04. The number of nitrogens with zero attached hydrogens (tertiary/aromatic N) is 1. The molecule has 1 aliphatic rings. The van der Waals surface area contributed by atoms with Gasteiger partial charge in [-0.3, -0.25) is 14.4 Å². The van der Waals surface area contributed by atoms with E-state index in [4.69, 9.17) is 9.84 Å².